The maximum absolute atomic E-state index is 13.2. The number of amides is 3. The lowest BCUT2D eigenvalue weighted by atomic mass is 9.95. The van der Waals surface area contributed by atoms with Crippen molar-refractivity contribution in [3.05, 3.63) is 70.4 Å². The molecule has 3 amide bonds. The zero-order valence-electron chi connectivity index (χ0n) is 14.9. The average molecular weight is 384 g/mol. The van der Waals surface area contributed by atoms with E-state index in [1.54, 1.807) is 43.3 Å². The summed E-state index contributed by atoms with van der Waals surface area (Å²) >= 11 is 5.96. The molecule has 138 valence electrons. The van der Waals surface area contributed by atoms with Gasteiger partial charge in [-0.05, 0) is 42.0 Å². The lowest BCUT2D eigenvalue weighted by Crippen LogP contribution is -2.45. The number of anilines is 1. The molecule has 0 unspecified atom stereocenters. The SMILES string of the molecule is COc1ccc([C@H]2NC(=O)N(C)C3=C2C(=O)N(c2ccc(Cl)cc2)C3)cc1. The van der Waals surface area contributed by atoms with E-state index in [0.29, 0.717) is 28.6 Å². The molecule has 2 heterocycles. The molecule has 0 saturated heterocycles. The minimum atomic E-state index is -0.501. The van der Waals surface area contributed by atoms with Gasteiger partial charge >= 0.3 is 6.03 Å². The summed E-state index contributed by atoms with van der Waals surface area (Å²) in [6, 6.07) is 13.7. The molecule has 7 heteroatoms. The van der Waals surface area contributed by atoms with E-state index in [4.69, 9.17) is 16.3 Å². The second kappa shape index (κ2) is 6.63. The van der Waals surface area contributed by atoms with Gasteiger partial charge in [0.25, 0.3) is 5.91 Å². The van der Waals surface area contributed by atoms with Crippen molar-refractivity contribution >= 4 is 29.2 Å². The molecule has 1 N–H and O–H groups in total. The Kier molecular flexibility index (Phi) is 4.28. The van der Waals surface area contributed by atoms with Gasteiger partial charge in [-0.2, -0.15) is 0 Å². The first-order valence-electron chi connectivity index (χ1n) is 8.48. The van der Waals surface area contributed by atoms with Crippen LogP contribution in [0.25, 0.3) is 0 Å². The number of likely N-dealkylation sites (N-methyl/N-ethyl adjacent to an activating group) is 1. The van der Waals surface area contributed by atoms with Gasteiger partial charge in [-0.25, -0.2) is 4.79 Å². The summed E-state index contributed by atoms with van der Waals surface area (Å²) < 4.78 is 5.19. The highest BCUT2D eigenvalue weighted by Gasteiger charge is 2.43. The van der Waals surface area contributed by atoms with Crippen molar-refractivity contribution in [2.24, 2.45) is 0 Å². The number of benzene rings is 2. The Hall–Kier alpha value is -2.99. The molecular weight excluding hydrogens is 366 g/mol. The normalized spacial score (nSPS) is 19.3. The molecule has 0 spiro atoms. The predicted molar refractivity (Wildman–Crippen MR) is 103 cm³/mol. The minimum Gasteiger partial charge on any atom is -0.497 e. The van der Waals surface area contributed by atoms with Crippen LogP contribution in [0.5, 0.6) is 5.75 Å². The lowest BCUT2D eigenvalue weighted by molar-refractivity contribution is -0.114. The Morgan fingerprint density at radius 3 is 2.37 bits per heavy atom. The molecule has 27 heavy (non-hydrogen) atoms. The summed E-state index contributed by atoms with van der Waals surface area (Å²) in [7, 11) is 3.27. The van der Waals surface area contributed by atoms with Gasteiger partial charge in [0.1, 0.15) is 5.75 Å². The molecule has 4 rings (SSSR count). The van der Waals surface area contributed by atoms with Crippen LogP contribution in [0.1, 0.15) is 11.6 Å². The molecule has 0 fully saturated rings. The van der Waals surface area contributed by atoms with E-state index in [1.165, 1.54) is 4.90 Å². The number of nitrogens with one attached hydrogen (secondary N) is 1. The highest BCUT2D eigenvalue weighted by molar-refractivity contribution is 6.30. The Labute approximate surface area is 162 Å². The molecule has 0 radical (unpaired) electrons. The Morgan fingerprint density at radius 1 is 1.07 bits per heavy atom. The van der Waals surface area contributed by atoms with Gasteiger partial charge in [0, 0.05) is 17.8 Å². The van der Waals surface area contributed by atoms with Gasteiger partial charge in [-0.3, -0.25) is 9.69 Å². The fourth-order valence-electron chi connectivity index (χ4n) is 3.44. The topological polar surface area (TPSA) is 61.9 Å². The molecule has 1 atom stereocenters. The summed E-state index contributed by atoms with van der Waals surface area (Å²) in [5.74, 6) is 0.590. The van der Waals surface area contributed by atoms with Crippen LogP contribution in [0.3, 0.4) is 0 Å². The van der Waals surface area contributed by atoms with Crippen LogP contribution in [0.15, 0.2) is 59.8 Å². The zero-order valence-corrected chi connectivity index (χ0v) is 15.7. The van der Waals surface area contributed by atoms with Gasteiger partial charge in [0.2, 0.25) is 0 Å². The maximum atomic E-state index is 13.2. The maximum Gasteiger partial charge on any atom is 0.322 e. The lowest BCUT2D eigenvalue weighted by Gasteiger charge is -2.31. The predicted octanol–water partition coefficient (Wildman–Crippen LogP) is 3.35. The number of carbonyl (C=O) groups excluding carboxylic acids is 2. The summed E-state index contributed by atoms with van der Waals surface area (Å²) in [4.78, 5) is 28.8. The van der Waals surface area contributed by atoms with Crippen LogP contribution in [0.2, 0.25) is 5.02 Å². The van der Waals surface area contributed by atoms with Gasteiger partial charge < -0.3 is 15.0 Å². The standard InChI is InChI=1S/C20H18ClN3O3/c1-23-16-11-24(14-7-5-13(21)6-8-14)19(25)17(16)18(22-20(23)26)12-3-9-15(27-2)10-4-12/h3-10,18H,11H2,1-2H3,(H,22,26)/t18-/m1/s1. The summed E-state index contributed by atoms with van der Waals surface area (Å²) in [5.41, 5.74) is 2.86. The number of rotatable bonds is 3. The van der Waals surface area contributed by atoms with Gasteiger partial charge in [-0.1, -0.05) is 23.7 Å². The highest BCUT2D eigenvalue weighted by Crippen LogP contribution is 2.38. The quantitative estimate of drug-likeness (QED) is 0.884. The fourth-order valence-corrected chi connectivity index (χ4v) is 3.57. The molecule has 0 saturated carbocycles. The van der Waals surface area contributed by atoms with Crippen LogP contribution in [-0.4, -0.2) is 37.5 Å². The van der Waals surface area contributed by atoms with Gasteiger partial charge in [0.05, 0.1) is 31.0 Å². The average Bonchev–Trinajstić information content (AvgIpc) is 3.03. The third kappa shape index (κ3) is 2.92. The molecule has 2 aliphatic heterocycles. The Bertz CT molecular complexity index is 938. The van der Waals surface area contributed by atoms with Crippen molar-refractivity contribution < 1.29 is 14.3 Å². The van der Waals surface area contributed by atoms with Gasteiger partial charge in [0.15, 0.2) is 0 Å². The third-order valence-corrected chi connectivity index (χ3v) is 5.20. The largest absolute Gasteiger partial charge is 0.497 e. The Morgan fingerprint density at radius 2 is 1.74 bits per heavy atom. The first-order valence-corrected chi connectivity index (χ1v) is 8.86. The third-order valence-electron chi connectivity index (χ3n) is 4.95. The van der Waals surface area contributed by atoms with E-state index < -0.39 is 6.04 Å². The van der Waals surface area contributed by atoms with E-state index in [9.17, 15) is 9.59 Å². The molecule has 2 aliphatic rings. The fraction of sp³-hybridized carbons (Fsp3) is 0.200. The van der Waals surface area contributed by atoms with Crippen molar-refractivity contribution in [2.45, 2.75) is 6.04 Å². The Balaban J connectivity index is 1.73. The second-order valence-electron chi connectivity index (χ2n) is 6.44. The summed E-state index contributed by atoms with van der Waals surface area (Å²) in [6.07, 6.45) is 0. The first-order chi connectivity index (χ1) is 13.0. The van der Waals surface area contributed by atoms with Crippen LogP contribution in [-0.2, 0) is 4.79 Å². The minimum absolute atomic E-state index is 0.125. The van der Waals surface area contributed by atoms with Crippen LogP contribution in [0, 0.1) is 0 Å². The summed E-state index contributed by atoms with van der Waals surface area (Å²) in [6.45, 7) is 0.340. The van der Waals surface area contributed by atoms with E-state index in [2.05, 4.69) is 5.32 Å². The van der Waals surface area contributed by atoms with E-state index in [-0.39, 0.29) is 11.9 Å². The number of halogens is 1. The van der Waals surface area contributed by atoms with E-state index >= 15 is 0 Å². The van der Waals surface area contributed by atoms with Crippen molar-refractivity contribution in [1.29, 1.82) is 0 Å². The molecule has 6 nitrogen and oxygen atoms in total. The van der Waals surface area contributed by atoms with E-state index in [1.807, 2.05) is 24.3 Å². The van der Waals surface area contributed by atoms with Crippen molar-refractivity contribution in [1.82, 2.24) is 10.2 Å². The number of carbonyl (C=O) groups is 2. The molecule has 2 aromatic carbocycles. The highest BCUT2D eigenvalue weighted by atomic mass is 35.5. The summed E-state index contributed by atoms with van der Waals surface area (Å²) in [5, 5.41) is 3.53. The second-order valence-corrected chi connectivity index (χ2v) is 6.88. The molecule has 0 aromatic heterocycles. The van der Waals surface area contributed by atoms with Crippen LogP contribution >= 0.6 is 11.6 Å². The van der Waals surface area contributed by atoms with E-state index in [0.717, 1.165) is 11.3 Å². The molecule has 2 aromatic rings. The van der Waals surface area contributed by atoms with Crippen molar-refractivity contribution in [3.8, 4) is 5.75 Å². The number of hydrogen-bond donors (Lipinski definition) is 1. The first kappa shape index (κ1) is 17.4. The monoisotopic (exact) mass is 383 g/mol. The molecular formula is C20H18ClN3O3. The smallest absolute Gasteiger partial charge is 0.322 e. The number of hydrogen-bond acceptors (Lipinski definition) is 3. The number of ether oxygens (including phenoxy) is 1. The van der Waals surface area contributed by atoms with Gasteiger partial charge in [-0.15, -0.1) is 0 Å². The van der Waals surface area contributed by atoms with Crippen LogP contribution in [0.4, 0.5) is 10.5 Å². The number of urea groups is 1. The molecule has 0 aliphatic carbocycles. The van der Waals surface area contributed by atoms with Crippen molar-refractivity contribution in [3.63, 3.8) is 0 Å². The number of methoxy groups -OCH3 is 1. The zero-order chi connectivity index (χ0) is 19.1. The molecule has 0 bridgehead atoms. The van der Waals surface area contributed by atoms with Crippen molar-refractivity contribution in [2.75, 3.05) is 25.6 Å². The van der Waals surface area contributed by atoms with Crippen LogP contribution < -0.4 is 15.0 Å². The number of nitrogens with zero attached hydrogens (tertiary/aromatic N) is 2.